The number of hydrogen-bond donors (Lipinski definition) is 2. The Kier molecular flexibility index (Phi) is 4.55. The maximum Gasteiger partial charge on any atom is 0.253 e. The van der Waals surface area contributed by atoms with Crippen LogP contribution >= 0.6 is 0 Å². The number of benzene rings is 2. The molecule has 7 heteroatoms. The molecular weight excluding hydrogens is 378 g/mol. The highest BCUT2D eigenvalue weighted by Crippen LogP contribution is 2.35. The molecule has 1 aromatic heterocycles. The van der Waals surface area contributed by atoms with Crippen LogP contribution in [0.15, 0.2) is 48.7 Å². The van der Waals surface area contributed by atoms with Crippen LogP contribution in [0.25, 0.3) is 22.0 Å². The van der Waals surface area contributed by atoms with Crippen LogP contribution in [0.1, 0.15) is 23.2 Å². The molecular formula is C23H25N5O2. The first kappa shape index (κ1) is 18.8. The lowest BCUT2D eigenvalue weighted by molar-refractivity contribution is -0.124. The van der Waals surface area contributed by atoms with Gasteiger partial charge in [-0.15, -0.1) is 0 Å². The van der Waals surface area contributed by atoms with Crippen LogP contribution in [-0.4, -0.2) is 58.2 Å². The first-order chi connectivity index (χ1) is 14.5. The molecule has 7 nitrogen and oxygen atoms in total. The van der Waals surface area contributed by atoms with Gasteiger partial charge in [-0.25, -0.2) is 0 Å². The highest BCUT2D eigenvalue weighted by atomic mass is 16.2. The van der Waals surface area contributed by atoms with Crippen LogP contribution in [0.5, 0.6) is 0 Å². The summed E-state index contributed by atoms with van der Waals surface area (Å²) in [5.41, 5.74) is 3.34. The predicted octanol–water partition coefficient (Wildman–Crippen LogP) is 1.93. The third-order valence-corrected chi connectivity index (χ3v) is 6.07. The summed E-state index contributed by atoms with van der Waals surface area (Å²) < 4.78 is 1.81. The van der Waals surface area contributed by atoms with Crippen molar-refractivity contribution in [3.63, 3.8) is 0 Å². The highest BCUT2D eigenvalue weighted by Gasteiger charge is 2.49. The van der Waals surface area contributed by atoms with Crippen molar-refractivity contribution in [1.82, 2.24) is 25.3 Å². The minimum atomic E-state index is -0.393. The third kappa shape index (κ3) is 3.45. The van der Waals surface area contributed by atoms with Crippen LogP contribution in [0.3, 0.4) is 0 Å². The number of hydrogen-bond acceptors (Lipinski definition) is 4. The van der Waals surface area contributed by atoms with E-state index in [1.807, 2.05) is 47.1 Å². The predicted molar refractivity (Wildman–Crippen MR) is 115 cm³/mol. The number of carbonyl (C=O) groups excluding carboxylic acids is 2. The number of fused-ring (bicyclic) bond motifs is 1. The summed E-state index contributed by atoms with van der Waals surface area (Å²) in [5, 5.41) is 11.9. The Morgan fingerprint density at radius 1 is 1.03 bits per heavy atom. The van der Waals surface area contributed by atoms with Crippen LogP contribution in [0.4, 0.5) is 0 Å². The maximum absolute atomic E-state index is 13.0. The number of amides is 2. The van der Waals surface area contributed by atoms with Crippen molar-refractivity contribution >= 4 is 22.7 Å². The number of aryl methyl sites for hydroxylation is 1. The van der Waals surface area contributed by atoms with E-state index in [0.29, 0.717) is 31.7 Å². The molecule has 154 valence electrons. The van der Waals surface area contributed by atoms with Crippen LogP contribution in [0.2, 0.25) is 0 Å². The smallest absolute Gasteiger partial charge is 0.253 e. The van der Waals surface area contributed by atoms with E-state index in [4.69, 9.17) is 0 Å². The van der Waals surface area contributed by atoms with Gasteiger partial charge in [0.2, 0.25) is 5.91 Å². The Morgan fingerprint density at radius 2 is 1.77 bits per heavy atom. The first-order valence-electron chi connectivity index (χ1n) is 10.4. The van der Waals surface area contributed by atoms with E-state index in [1.165, 1.54) is 0 Å². The van der Waals surface area contributed by atoms with Crippen LogP contribution < -0.4 is 10.6 Å². The van der Waals surface area contributed by atoms with Gasteiger partial charge in [0.15, 0.2) is 0 Å². The summed E-state index contributed by atoms with van der Waals surface area (Å²) in [6, 6.07) is 13.9. The third-order valence-electron chi connectivity index (χ3n) is 6.07. The Bertz CT molecular complexity index is 1110. The van der Waals surface area contributed by atoms with Gasteiger partial charge in [0.25, 0.3) is 5.91 Å². The lowest BCUT2D eigenvalue weighted by Crippen LogP contribution is -2.46. The molecule has 1 aliphatic carbocycles. The lowest BCUT2D eigenvalue weighted by Gasteiger charge is -2.22. The Hall–Kier alpha value is -3.19. The van der Waals surface area contributed by atoms with Gasteiger partial charge in [-0.1, -0.05) is 24.3 Å². The van der Waals surface area contributed by atoms with Crippen molar-refractivity contribution in [1.29, 1.82) is 0 Å². The number of rotatable bonds is 2. The fraction of sp³-hybridized carbons (Fsp3) is 0.348. The quantitative estimate of drug-likeness (QED) is 0.685. The van der Waals surface area contributed by atoms with Gasteiger partial charge in [0.1, 0.15) is 0 Å². The fourth-order valence-electron chi connectivity index (χ4n) is 4.13. The van der Waals surface area contributed by atoms with Gasteiger partial charge < -0.3 is 15.5 Å². The van der Waals surface area contributed by atoms with Crippen molar-refractivity contribution in [2.45, 2.75) is 18.4 Å². The molecule has 1 spiro atoms. The minimum Gasteiger partial charge on any atom is -0.353 e. The van der Waals surface area contributed by atoms with E-state index in [9.17, 15) is 9.59 Å². The number of carbonyl (C=O) groups is 2. The molecule has 5 rings (SSSR count). The topological polar surface area (TPSA) is 79.3 Å². The molecule has 2 aliphatic rings. The number of nitrogens with zero attached hydrogens (tertiary/aromatic N) is 3. The van der Waals surface area contributed by atoms with Crippen molar-refractivity contribution in [3.05, 3.63) is 54.2 Å². The zero-order valence-corrected chi connectivity index (χ0v) is 17.0. The summed E-state index contributed by atoms with van der Waals surface area (Å²) in [6.45, 7) is 2.21. The Morgan fingerprint density at radius 3 is 2.53 bits per heavy atom. The van der Waals surface area contributed by atoms with Crippen molar-refractivity contribution in [2.24, 2.45) is 7.05 Å². The standard InChI is InChI=1S/C23H25N5O2/c1-27-15-19-7-6-18(14-20(19)26-27)16-2-4-17(5-3-16)21(29)28-12-10-24-22(30)23(8-9-23)25-11-13-28/h2-7,14-15,25H,8-13H2,1H3,(H,24,30). The van der Waals surface area contributed by atoms with Gasteiger partial charge >= 0.3 is 0 Å². The Balaban J connectivity index is 1.31. The highest BCUT2D eigenvalue weighted by molar-refractivity contribution is 5.95. The van der Waals surface area contributed by atoms with E-state index in [0.717, 1.165) is 34.9 Å². The van der Waals surface area contributed by atoms with Gasteiger partial charge in [-0.2, -0.15) is 5.10 Å². The number of nitrogens with one attached hydrogen (secondary N) is 2. The fourth-order valence-corrected chi connectivity index (χ4v) is 4.13. The molecule has 0 radical (unpaired) electrons. The Labute approximate surface area is 175 Å². The van der Waals surface area contributed by atoms with Crippen molar-refractivity contribution in [2.75, 3.05) is 26.2 Å². The van der Waals surface area contributed by atoms with E-state index in [2.05, 4.69) is 33.9 Å². The molecule has 2 aromatic carbocycles. The molecule has 0 unspecified atom stereocenters. The first-order valence-corrected chi connectivity index (χ1v) is 10.4. The molecule has 2 fully saturated rings. The second kappa shape index (κ2) is 7.25. The molecule has 2 amide bonds. The van der Waals surface area contributed by atoms with Crippen molar-refractivity contribution in [3.8, 4) is 11.1 Å². The SMILES string of the molecule is Cn1cc2ccc(-c3ccc(C(=O)N4CCNC(=O)C5(CC5)NCC4)cc3)cc2n1. The maximum atomic E-state index is 13.0. The normalized spacial score (nSPS) is 18.6. The van der Waals surface area contributed by atoms with Crippen molar-refractivity contribution < 1.29 is 9.59 Å². The largest absolute Gasteiger partial charge is 0.353 e. The molecule has 3 aromatic rings. The van der Waals surface area contributed by atoms with Gasteiger partial charge in [0.05, 0.1) is 11.1 Å². The molecule has 2 N–H and O–H groups in total. The van der Waals surface area contributed by atoms with Crippen LogP contribution in [-0.2, 0) is 11.8 Å². The molecule has 2 heterocycles. The van der Waals surface area contributed by atoms with E-state index >= 15 is 0 Å². The summed E-state index contributed by atoms with van der Waals surface area (Å²) in [6.07, 6.45) is 3.74. The molecule has 0 atom stereocenters. The average molecular weight is 403 g/mol. The number of aromatic nitrogens is 2. The van der Waals surface area contributed by atoms with Gasteiger partial charge in [0, 0.05) is 50.4 Å². The zero-order chi connectivity index (χ0) is 20.7. The molecule has 1 aliphatic heterocycles. The second-order valence-electron chi connectivity index (χ2n) is 8.21. The molecule has 30 heavy (non-hydrogen) atoms. The van der Waals surface area contributed by atoms with Crippen LogP contribution in [0, 0.1) is 0 Å². The van der Waals surface area contributed by atoms with Gasteiger partial charge in [-0.3, -0.25) is 14.3 Å². The van der Waals surface area contributed by atoms with E-state index in [-0.39, 0.29) is 11.8 Å². The molecule has 1 saturated carbocycles. The van der Waals surface area contributed by atoms with E-state index < -0.39 is 5.54 Å². The summed E-state index contributed by atoms with van der Waals surface area (Å²) in [5.74, 6) is 0.0514. The summed E-state index contributed by atoms with van der Waals surface area (Å²) in [4.78, 5) is 27.1. The summed E-state index contributed by atoms with van der Waals surface area (Å²) >= 11 is 0. The van der Waals surface area contributed by atoms with E-state index in [1.54, 1.807) is 0 Å². The molecule has 1 saturated heterocycles. The average Bonchev–Trinajstić information content (AvgIpc) is 3.43. The monoisotopic (exact) mass is 403 g/mol. The lowest BCUT2D eigenvalue weighted by atomic mass is 10.0. The minimum absolute atomic E-state index is 0.00970. The zero-order valence-electron chi connectivity index (χ0n) is 17.0. The summed E-state index contributed by atoms with van der Waals surface area (Å²) in [7, 11) is 1.91. The second-order valence-corrected chi connectivity index (χ2v) is 8.21. The molecule has 0 bridgehead atoms. The van der Waals surface area contributed by atoms with Gasteiger partial charge in [-0.05, 0) is 42.2 Å².